The highest BCUT2D eigenvalue weighted by molar-refractivity contribution is 6.31. The summed E-state index contributed by atoms with van der Waals surface area (Å²) >= 11 is 5.82. The van der Waals surface area contributed by atoms with E-state index in [4.69, 9.17) is 17.3 Å². The van der Waals surface area contributed by atoms with Crippen molar-refractivity contribution in [1.29, 1.82) is 0 Å². The van der Waals surface area contributed by atoms with E-state index in [1.54, 1.807) is 6.07 Å². The van der Waals surface area contributed by atoms with Gasteiger partial charge in [0.15, 0.2) is 5.78 Å². The van der Waals surface area contributed by atoms with E-state index in [-0.39, 0.29) is 17.5 Å². The van der Waals surface area contributed by atoms with Gasteiger partial charge in [-0.1, -0.05) is 18.5 Å². The first-order valence-electron chi connectivity index (χ1n) is 5.25. The largest absolute Gasteiger partial charge is 0.383 e. The minimum absolute atomic E-state index is 0.0254. The smallest absolute Gasteiger partial charge is 0.171 e. The van der Waals surface area contributed by atoms with Crippen LogP contribution in [-0.2, 0) is 0 Å². The number of nitrogens with zero attached hydrogens (tertiary/aromatic N) is 1. The van der Waals surface area contributed by atoms with E-state index in [9.17, 15) is 4.79 Å². The Balaban J connectivity index is 2.29. The van der Waals surface area contributed by atoms with E-state index in [2.05, 4.69) is 17.2 Å². The summed E-state index contributed by atoms with van der Waals surface area (Å²) in [6.07, 6.45) is 1.45. The number of carbonyl (C=O) groups excluding carboxylic acids is 1. The fraction of sp³-hybridized carbons (Fsp3) is 0.455. The molecule has 0 aromatic carbocycles. The number of Topliss-reactive ketones (excluding diaryl/α,β-unsaturated/α-hetero) is 1. The first-order valence-corrected chi connectivity index (χ1v) is 5.63. The van der Waals surface area contributed by atoms with Crippen LogP contribution in [0.15, 0.2) is 12.3 Å². The summed E-state index contributed by atoms with van der Waals surface area (Å²) in [6.45, 7) is 3.62. The highest BCUT2D eigenvalue weighted by atomic mass is 35.5. The van der Waals surface area contributed by atoms with Crippen LogP contribution < -0.4 is 11.1 Å². The van der Waals surface area contributed by atoms with Gasteiger partial charge < -0.3 is 11.1 Å². The summed E-state index contributed by atoms with van der Waals surface area (Å²) in [5, 5.41) is 3.63. The molecule has 5 heteroatoms. The molecule has 0 saturated carbocycles. The quantitative estimate of drug-likeness (QED) is 0.765. The summed E-state index contributed by atoms with van der Waals surface area (Å²) < 4.78 is 0. The number of ketones is 1. The van der Waals surface area contributed by atoms with E-state index in [1.165, 1.54) is 6.20 Å². The van der Waals surface area contributed by atoms with Crippen molar-refractivity contribution in [3.05, 3.63) is 22.8 Å². The molecule has 1 aromatic heterocycles. The summed E-state index contributed by atoms with van der Waals surface area (Å²) in [5.74, 6) is 0.590. The second-order valence-corrected chi connectivity index (χ2v) is 4.63. The van der Waals surface area contributed by atoms with Crippen molar-refractivity contribution in [1.82, 2.24) is 10.3 Å². The average Bonchev–Trinajstić information content (AvgIpc) is 2.67. The van der Waals surface area contributed by atoms with E-state index in [0.29, 0.717) is 23.0 Å². The minimum atomic E-state index is -0.0254. The average molecular weight is 240 g/mol. The molecule has 1 aromatic rings. The van der Waals surface area contributed by atoms with Crippen LogP contribution in [0.1, 0.15) is 17.3 Å². The van der Waals surface area contributed by atoms with Gasteiger partial charge in [0.25, 0.3) is 0 Å². The number of aromatic nitrogens is 1. The molecule has 2 unspecified atom stereocenters. The molecule has 3 N–H and O–H groups in total. The molecule has 0 aliphatic carbocycles. The summed E-state index contributed by atoms with van der Waals surface area (Å²) in [5.41, 5.74) is 6.13. The number of nitrogen functional groups attached to an aromatic ring is 1. The van der Waals surface area contributed by atoms with Gasteiger partial charge in [0, 0.05) is 18.7 Å². The molecule has 4 nitrogen and oxygen atoms in total. The van der Waals surface area contributed by atoms with Gasteiger partial charge in [0.2, 0.25) is 0 Å². The van der Waals surface area contributed by atoms with Gasteiger partial charge in [0.1, 0.15) is 5.82 Å². The van der Waals surface area contributed by atoms with E-state index < -0.39 is 0 Å². The first-order chi connectivity index (χ1) is 7.59. The van der Waals surface area contributed by atoms with Gasteiger partial charge >= 0.3 is 0 Å². The first kappa shape index (κ1) is 11.4. The zero-order chi connectivity index (χ0) is 11.7. The lowest BCUT2D eigenvalue weighted by Crippen LogP contribution is -2.22. The van der Waals surface area contributed by atoms with Crippen LogP contribution in [0.4, 0.5) is 5.82 Å². The van der Waals surface area contributed by atoms with Crippen molar-refractivity contribution < 1.29 is 4.79 Å². The lowest BCUT2D eigenvalue weighted by Gasteiger charge is -2.13. The number of hydrogen-bond acceptors (Lipinski definition) is 4. The molecule has 86 valence electrons. The van der Waals surface area contributed by atoms with Crippen LogP contribution >= 0.6 is 11.6 Å². The Bertz CT molecular complexity index is 422. The number of hydrogen-bond donors (Lipinski definition) is 2. The topological polar surface area (TPSA) is 68.0 Å². The summed E-state index contributed by atoms with van der Waals surface area (Å²) in [4.78, 5) is 16.1. The number of pyridine rings is 1. The number of nitrogens with one attached hydrogen (secondary N) is 1. The number of halogens is 1. The number of rotatable bonds is 2. The zero-order valence-electron chi connectivity index (χ0n) is 9.03. The lowest BCUT2D eigenvalue weighted by molar-refractivity contribution is 0.0908. The maximum absolute atomic E-state index is 12.2. The maximum atomic E-state index is 12.2. The van der Waals surface area contributed by atoms with Crippen LogP contribution in [0, 0.1) is 11.8 Å². The van der Waals surface area contributed by atoms with E-state index >= 15 is 0 Å². The maximum Gasteiger partial charge on any atom is 0.171 e. The summed E-state index contributed by atoms with van der Waals surface area (Å²) in [7, 11) is 0. The van der Waals surface area contributed by atoms with Crippen LogP contribution in [0.5, 0.6) is 0 Å². The lowest BCUT2D eigenvalue weighted by atomic mass is 9.90. The predicted octanol–water partition coefficient (Wildman–Crippen LogP) is 1.36. The third kappa shape index (κ3) is 2.03. The van der Waals surface area contributed by atoms with Crippen molar-refractivity contribution in [3.63, 3.8) is 0 Å². The Morgan fingerprint density at radius 3 is 3.00 bits per heavy atom. The van der Waals surface area contributed by atoms with Crippen molar-refractivity contribution in [3.8, 4) is 0 Å². The van der Waals surface area contributed by atoms with Gasteiger partial charge in [-0.25, -0.2) is 4.98 Å². The molecule has 0 spiro atoms. The zero-order valence-corrected chi connectivity index (χ0v) is 9.79. The molecule has 0 bridgehead atoms. The molecule has 1 aliphatic rings. The minimum Gasteiger partial charge on any atom is -0.383 e. The SMILES string of the molecule is CC1CNCC1C(=O)c1cc(Cl)cnc1N. The number of nitrogens with two attached hydrogens (primary N) is 1. The van der Waals surface area contributed by atoms with Gasteiger partial charge in [-0.2, -0.15) is 0 Å². The third-order valence-electron chi connectivity index (χ3n) is 3.00. The Kier molecular flexibility index (Phi) is 3.12. The monoisotopic (exact) mass is 239 g/mol. The van der Waals surface area contributed by atoms with Crippen LogP contribution in [0.2, 0.25) is 5.02 Å². The fourth-order valence-corrected chi connectivity index (χ4v) is 2.17. The van der Waals surface area contributed by atoms with Gasteiger partial charge in [-0.15, -0.1) is 0 Å². The Labute approximate surface area is 99.2 Å². The van der Waals surface area contributed by atoms with Crippen LogP contribution in [0.3, 0.4) is 0 Å². The third-order valence-corrected chi connectivity index (χ3v) is 3.21. The molecule has 2 atom stereocenters. The Morgan fingerprint density at radius 2 is 2.38 bits per heavy atom. The van der Waals surface area contributed by atoms with Crippen LogP contribution in [-0.4, -0.2) is 23.9 Å². The van der Waals surface area contributed by atoms with Crippen molar-refractivity contribution >= 4 is 23.2 Å². The second kappa shape index (κ2) is 4.39. The Morgan fingerprint density at radius 1 is 1.62 bits per heavy atom. The summed E-state index contributed by atoms with van der Waals surface area (Å²) in [6, 6.07) is 1.59. The number of anilines is 1. The fourth-order valence-electron chi connectivity index (χ4n) is 2.01. The molecule has 2 heterocycles. The molecule has 0 amide bonds. The molecule has 2 rings (SSSR count). The van der Waals surface area contributed by atoms with Gasteiger partial charge in [0.05, 0.1) is 10.6 Å². The van der Waals surface area contributed by atoms with Crippen molar-refractivity contribution in [2.45, 2.75) is 6.92 Å². The predicted molar refractivity (Wildman–Crippen MR) is 63.5 cm³/mol. The molecular weight excluding hydrogens is 226 g/mol. The molecular formula is C11H14ClN3O. The standard InChI is InChI=1S/C11H14ClN3O/c1-6-3-14-5-9(6)10(16)8-2-7(12)4-15-11(8)13/h2,4,6,9,14H,3,5H2,1H3,(H2,13,15). The Hall–Kier alpha value is -1.13. The van der Waals surface area contributed by atoms with Crippen molar-refractivity contribution in [2.75, 3.05) is 18.8 Å². The van der Waals surface area contributed by atoms with Crippen molar-refractivity contribution in [2.24, 2.45) is 11.8 Å². The van der Waals surface area contributed by atoms with Gasteiger partial charge in [-0.3, -0.25) is 4.79 Å². The molecule has 0 radical (unpaired) electrons. The number of carbonyl (C=O) groups is 1. The molecule has 1 fully saturated rings. The highest BCUT2D eigenvalue weighted by Gasteiger charge is 2.31. The normalized spacial score (nSPS) is 24.6. The molecule has 1 saturated heterocycles. The highest BCUT2D eigenvalue weighted by Crippen LogP contribution is 2.24. The van der Waals surface area contributed by atoms with Crippen LogP contribution in [0.25, 0.3) is 0 Å². The second-order valence-electron chi connectivity index (χ2n) is 4.19. The van der Waals surface area contributed by atoms with E-state index in [1.807, 2.05) is 0 Å². The molecule has 1 aliphatic heterocycles. The molecule has 16 heavy (non-hydrogen) atoms. The van der Waals surface area contributed by atoms with E-state index in [0.717, 1.165) is 6.54 Å². The van der Waals surface area contributed by atoms with Gasteiger partial charge in [-0.05, 0) is 18.5 Å².